The number of sulfonamides is 1. The minimum absolute atomic E-state index is 0.0252. The molecule has 1 aliphatic rings. The second kappa shape index (κ2) is 12.8. The predicted molar refractivity (Wildman–Crippen MR) is 158 cm³/mol. The van der Waals surface area contributed by atoms with Gasteiger partial charge in [0.15, 0.2) is 5.75 Å². The lowest BCUT2D eigenvalue weighted by Crippen LogP contribution is -2.50. The van der Waals surface area contributed by atoms with Gasteiger partial charge < -0.3 is 25.0 Å². The normalized spacial score (nSPS) is 17.8. The number of para-hydroxylation sites is 1. The molecule has 3 aromatic rings. The van der Waals surface area contributed by atoms with E-state index in [0.717, 1.165) is 5.56 Å². The molecule has 1 aliphatic heterocycles. The molecule has 10 nitrogen and oxygen atoms in total. The van der Waals surface area contributed by atoms with Crippen molar-refractivity contribution in [1.29, 1.82) is 0 Å². The Hall–Kier alpha value is -4.16. The summed E-state index contributed by atoms with van der Waals surface area (Å²) < 4.78 is 48.8. The van der Waals surface area contributed by atoms with Crippen LogP contribution < -0.4 is 14.8 Å². The number of hydrogen-bond acceptors (Lipinski definition) is 6. The van der Waals surface area contributed by atoms with E-state index < -0.39 is 39.9 Å². The number of anilines is 2. The zero-order valence-electron chi connectivity index (χ0n) is 23.9. The van der Waals surface area contributed by atoms with Gasteiger partial charge in [0.05, 0.1) is 35.3 Å². The SMILES string of the molecule is Cc1ccc(S(=O)(=O)Nc2cccc3c2O[C@H](CN(C)C(=O)Nc2ccc(F)cc2)[C@@H](C)CN([C@@H](C)CO)C3=O)cc1. The first-order chi connectivity index (χ1) is 19.9. The van der Waals surface area contributed by atoms with Gasteiger partial charge in [-0.3, -0.25) is 9.52 Å². The highest BCUT2D eigenvalue weighted by Gasteiger charge is 2.35. The smallest absolute Gasteiger partial charge is 0.321 e. The number of amides is 3. The third kappa shape index (κ3) is 7.00. The molecule has 0 fully saturated rings. The van der Waals surface area contributed by atoms with Crippen molar-refractivity contribution in [3.8, 4) is 5.75 Å². The lowest BCUT2D eigenvalue weighted by molar-refractivity contribution is 0.0373. The fraction of sp³-hybridized carbons (Fsp3) is 0.333. The van der Waals surface area contributed by atoms with Crippen LogP contribution >= 0.6 is 0 Å². The summed E-state index contributed by atoms with van der Waals surface area (Å²) in [5.74, 6) is -1.16. The number of nitrogens with one attached hydrogen (secondary N) is 2. The molecule has 42 heavy (non-hydrogen) atoms. The first-order valence-corrected chi connectivity index (χ1v) is 15.0. The van der Waals surface area contributed by atoms with E-state index in [4.69, 9.17) is 4.74 Å². The summed E-state index contributed by atoms with van der Waals surface area (Å²) in [6.07, 6.45) is -0.681. The molecule has 224 valence electrons. The quantitative estimate of drug-likeness (QED) is 0.354. The highest BCUT2D eigenvalue weighted by atomic mass is 32.2. The van der Waals surface area contributed by atoms with Gasteiger partial charge in [-0.15, -0.1) is 0 Å². The molecule has 0 bridgehead atoms. The number of ether oxygens (including phenoxy) is 1. The number of halogens is 1. The van der Waals surface area contributed by atoms with Crippen LogP contribution in [-0.2, 0) is 10.0 Å². The molecule has 3 atom stereocenters. The second-order valence-electron chi connectivity index (χ2n) is 10.5. The summed E-state index contributed by atoms with van der Waals surface area (Å²) in [7, 11) is -2.47. The van der Waals surface area contributed by atoms with Gasteiger partial charge in [-0.2, -0.15) is 0 Å². The molecule has 12 heteroatoms. The van der Waals surface area contributed by atoms with Crippen molar-refractivity contribution in [1.82, 2.24) is 9.80 Å². The molecule has 0 saturated carbocycles. The number of aliphatic hydroxyl groups excluding tert-OH is 1. The van der Waals surface area contributed by atoms with Crippen molar-refractivity contribution < 1.29 is 32.2 Å². The van der Waals surface area contributed by atoms with Crippen LogP contribution in [0.4, 0.5) is 20.6 Å². The van der Waals surface area contributed by atoms with Crippen molar-refractivity contribution in [2.24, 2.45) is 5.92 Å². The number of hydrogen-bond donors (Lipinski definition) is 3. The Morgan fingerprint density at radius 2 is 1.81 bits per heavy atom. The number of fused-ring (bicyclic) bond motifs is 1. The van der Waals surface area contributed by atoms with Crippen molar-refractivity contribution in [2.45, 2.75) is 37.8 Å². The van der Waals surface area contributed by atoms with Crippen LogP contribution in [0.5, 0.6) is 5.75 Å². The number of benzene rings is 3. The molecule has 0 aromatic heterocycles. The van der Waals surface area contributed by atoms with Gasteiger partial charge in [0, 0.05) is 25.2 Å². The molecule has 0 unspecified atom stereocenters. The number of aliphatic hydroxyl groups is 1. The van der Waals surface area contributed by atoms with Gasteiger partial charge >= 0.3 is 6.03 Å². The van der Waals surface area contributed by atoms with E-state index in [2.05, 4.69) is 10.0 Å². The molecule has 3 amide bonds. The monoisotopic (exact) mass is 598 g/mol. The first kappa shape index (κ1) is 30.8. The van der Waals surface area contributed by atoms with Crippen molar-refractivity contribution in [3.05, 3.63) is 83.7 Å². The van der Waals surface area contributed by atoms with Crippen LogP contribution in [0.1, 0.15) is 29.8 Å². The first-order valence-electron chi connectivity index (χ1n) is 13.5. The Kier molecular flexibility index (Phi) is 9.37. The lowest BCUT2D eigenvalue weighted by Gasteiger charge is -2.38. The molecule has 1 heterocycles. The Labute approximate surface area is 245 Å². The van der Waals surface area contributed by atoms with Crippen LogP contribution in [0.3, 0.4) is 0 Å². The third-order valence-electron chi connectivity index (χ3n) is 7.16. The summed E-state index contributed by atoms with van der Waals surface area (Å²) in [5.41, 5.74) is 1.49. The number of aryl methyl sites for hydroxylation is 1. The van der Waals surface area contributed by atoms with E-state index in [0.29, 0.717) is 5.69 Å². The van der Waals surface area contributed by atoms with E-state index in [9.17, 15) is 27.5 Å². The summed E-state index contributed by atoms with van der Waals surface area (Å²) in [4.78, 5) is 29.6. The Morgan fingerprint density at radius 3 is 2.45 bits per heavy atom. The maximum Gasteiger partial charge on any atom is 0.321 e. The topological polar surface area (TPSA) is 128 Å². The van der Waals surface area contributed by atoms with E-state index in [-0.39, 0.29) is 47.5 Å². The van der Waals surface area contributed by atoms with Crippen molar-refractivity contribution in [3.63, 3.8) is 0 Å². The molecule has 4 rings (SSSR count). The van der Waals surface area contributed by atoms with Crippen LogP contribution in [0.2, 0.25) is 0 Å². The summed E-state index contributed by atoms with van der Waals surface area (Å²) in [6.45, 7) is 5.43. The fourth-order valence-corrected chi connectivity index (χ4v) is 5.63. The van der Waals surface area contributed by atoms with Gasteiger partial charge in [0.1, 0.15) is 11.9 Å². The highest BCUT2D eigenvalue weighted by Crippen LogP contribution is 2.36. The van der Waals surface area contributed by atoms with Gasteiger partial charge in [-0.05, 0) is 62.4 Å². The molecular formula is C30H35FN4O6S. The maximum atomic E-state index is 13.7. The minimum Gasteiger partial charge on any atom is -0.485 e. The van der Waals surface area contributed by atoms with Gasteiger partial charge in [-0.25, -0.2) is 17.6 Å². The number of likely N-dealkylation sites (N-methyl/N-ethyl adjacent to an activating group) is 1. The molecule has 0 radical (unpaired) electrons. The van der Waals surface area contributed by atoms with Crippen LogP contribution in [0.25, 0.3) is 0 Å². The average molecular weight is 599 g/mol. The molecule has 0 saturated heterocycles. The number of carbonyl (C=O) groups excluding carboxylic acids is 2. The molecule has 3 aromatic carbocycles. The predicted octanol–water partition coefficient (Wildman–Crippen LogP) is 4.32. The largest absolute Gasteiger partial charge is 0.485 e. The summed E-state index contributed by atoms with van der Waals surface area (Å²) >= 11 is 0. The Balaban J connectivity index is 1.68. The van der Waals surface area contributed by atoms with Gasteiger partial charge in [0.25, 0.3) is 15.9 Å². The number of carbonyl (C=O) groups is 2. The minimum atomic E-state index is -4.04. The summed E-state index contributed by atoms with van der Waals surface area (Å²) in [6, 6.07) is 15.3. The second-order valence-corrected chi connectivity index (χ2v) is 12.2. The van der Waals surface area contributed by atoms with E-state index in [1.165, 1.54) is 58.3 Å². The summed E-state index contributed by atoms with van der Waals surface area (Å²) in [5, 5.41) is 12.6. The van der Waals surface area contributed by atoms with Crippen LogP contribution in [-0.4, -0.2) is 74.2 Å². The zero-order chi connectivity index (χ0) is 30.6. The van der Waals surface area contributed by atoms with Crippen LogP contribution in [0.15, 0.2) is 71.6 Å². The van der Waals surface area contributed by atoms with Crippen LogP contribution in [0, 0.1) is 18.7 Å². The maximum absolute atomic E-state index is 13.7. The number of nitrogens with zero attached hydrogens (tertiary/aromatic N) is 2. The fourth-order valence-electron chi connectivity index (χ4n) is 4.57. The Morgan fingerprint density at radius 1 is 1.14 bits per heavy atom. The highest BCUT2D eigenvalue weighted by molar-refractivity contribution is 7.92. The lowest BCUT2D eigenvalue weighted by atomic mass is 9.99. The van der Waals surface area contributed by atoms with Crippen molar-refractivity contribution >= 4 is 33.3 Å². The van der Waals surface area contributed by atoms with E-state index >= 15 is 0 Å². The Bertz CT molecular complexity index is 1530. The van der Waals surface area contributed by atoms with Crippen molar-refractivity contribution in [2.75, 3.05) is 36.8 Å². The third-order valence-corrected chi connectivity index (χ3v) is 8.54. The van der Waals surface area contributed by atoms with Gasteiger partial charge in [0.2, 0.25) is 0 Å². The number of rotatable bonds is 8. The molecule has 0 aliphatic carbocycles. The standard InChI is InChI=1S/C30H35FN4O6S/c1-19-8-14-24(15-9-19)42(39,40)33-26-7-5-6-25-28(26)41-27(20(2)16-35(29(25)37)21(3)18-36)17-34(4)30(38)32-23-12-10-22(31)11-13-23/h5-15,20-21,27,33,36H,16-18H2,1-4H3,(H,32,38)/t20-,21-,27+/m0/s1. The van der Waals surface area contributed by atoms with E-state index in [1.807, 2.05) is 13.8 Å². The van der Waals surface area contributed by atoms with Gasteiger partial charge in [-0.1, -0.05) is 30.7 Å². The number of urea groups is 1. The molecule has 0 spiro atoms. The molecule has 3 N–H and O–H groups in total. The average Bonchev–Trinajstić information content (AvgIpc) is 2.96. The molecular weight excluding hydrogens is 563 g/mol. The van der Waals surface area contributed by atoms with E-state index in [1.54, 1.807) is 32.2 Å². The zero-order valence-corrected chi connectivity index (χ0v) is 24.7.